The molecule has 3 heteroatoms. The number of hydrogen-bond donors (Lipinski definition) is 1. The first kappa shape index (κ1) is 15.4. The van der Waals surface area contributed by atoms with Crippen molar-refractivity contribution >= 4 is 0 Å². The van der Waals surface area contributed by atoms with Crippen molar-refractivity contribution < 1.29 is 9.47 Å². The molecule has 0 amide bonds. The van der Waals surface area contributed by atoms with Gasteiger partial charge >= 0.3 is 0 Å². The first-order valence-corrected chi connectivity index (χ1v) is 7.33. The zero-order valence-corrected chi connectivity index (χ0v) is 12.9. The van der Waals surface area contributed by atoms with Gasteiger partial charge in [-0.25, -0.2) is 0 Å². The first-order valence-electron chi connectivity index (χ1n) is 7.33. The Morgan fingerprint density at radius 2 is 1.81 bits per heavy atom. The minimum absolute atomic E-state index is 0.284. The van der Waals surface area contributed by atoms with Gasteiger partial charge in [0.15, 0.2) is 11.5 Å². The first-order chi connectivity index (χ1) is 10.3. The highest BCUT2D eigenvalue weighted by atomic mass is 16.5. The van der Waals surface area contributed by atoms with Crippen molar-refractivity contribution in [2.24, 2.45) is 0 Å². The number of nitrogens with one attached hydrogen (secondary N) is 1. The van der Waals surface area contributed by atoms with Crippen LogP contribution in [0.3, 0.4) is 0 Å². The van der Waals surface area contributed by atoms with Gasteiger partial charge in [0.2, 0.25) is 0 Å². The minimum Gasteiger partial charge on any atom is -0.493 e. The molecule has 0 saturated carbocycles. The molecule has 2 rings (SSSR count). The second kappa shape index (κ2) is 7.70. The lowest BCUT2D eigenvalue weighted by Crippen LogP contribution is -2.18. The Labute approximate surface area is 126 Å². The van der Waals surface area contributed by atoms with Crippen molar-refractivity contribution in [1.82, 2.24) is 5.32 Å². The molecule has 112 valence electrons. The van der Waals surface area contributed by atoms with Gasteiger partial charge in [0.25, 0.3) is 0 Å². The van der Waals surface area contributed by atoms with Crippen LogP contribution in [0.1, 0.15) is 31.0 Å². The van der Waals surface area contributed by atoms with Crippen LogP contribution in [-0.2, 0) is 6.54 Å². The molecule has 0 aromatic heterocycles. The molecule has 1 unspecified atom stereocenters. The summed E-state index contributed by atoms with van der Waals surface area (Å²) in [7, 11) is 1.68. The minimum atomic E-state index is 0.284. The van der Waals surface area contributed by atoms with Gasteiger partial charge in [0, 0.05) is 18.2 Å². The molecule has 0 heterocycles. The number of ether oxygens (including phenoxy) is 2. The van der Waals surface area contributed by atoms with Crippen LogP contribution in [0.2, 0.25) is 0 Å². The third-order valence-electron chi connectivity index (χ3n) is 3.46. The summed E-state index contributed by atoms with van der Waals surface area (Å²) in [6, 6.07) is 16.7. The molecule has 0 fully saturated rings. The molecule has 0 aliphatic carbocycles. The quantitative estimate of drug-likeness (QED) is 0.835. The Balaban J connectivity index is 2.07. The normalized spacial score (nSPS) is 12.0. The van der Waals surface area contributed by atoms with Crippen molar-refractivity contribution in [2.45, 2.75) is 26.4 Å². The maximum absolute atomic E-state index is 5.61. The van der Waals surface area contributed by atoms with Crippen molar-refractivity contribution in [3.63, 3.8) is 0 Å². The molecule has 1 atom stereocenters. The zero-order chi connectivity index (χ0) is 15.1. The number of benzene rings is 2. The van der Waals surface area contributed by atoms with Crippen LogP contribution in [0.5, 0.6) is 11.5 Å². The van der Waals surface area contributed by atoms with E-state index in [1.54, 1.807) is 7.11 Å². The predicted molar refractivity (Wildman–Crippen MR) is 85.9 cm³/mol. The van der Waals surface area contributed by atoms with E-state index in [9.17, 15) is 0 Å². The molecular weight excluding hydrogens is 262 g/mol. The van der Waals surface area contributed by atoms with E-state index in [1.165, 1.54) is 5.56 Å². The SMILES string of the molecule is CCOc1cccc(CNC(C)c2ccccc2)c1OC. The number of rotatable bonds is 7. The van der Waals surface area contributed by atoms with E-state index >= 15 is 0 Å². The standard InChI is InChI=1S/C18H23NO2/c1-4-21-17-12-8-11-16(18(17)20-3)13-19-14(2)15-9-6-5-7-10-15/h5-12,14,19H,4,13H2,1-3H3. The molecule has 0 aliphatic rings. The highest BCUT2D eigenvalue weighted by Crippen LogP contribution is 2.31. The Kier molecular flexibility index (Phi) is 5.64. The summed E-state index contributed by atoms with van der Waals surface area (Å²) in [5.41, 5.74) is 2.38. The summed E-state index contributed by atoms with van der Waals surface area (Å²) in [5.74, 6) is 1.61. The Bertz CT molecular complexity index is 554. The number of methoxy groups -OCH3 is 1. The Morgan fingerprint density at radius 1 is 1.05 bits per heavy atom. The van der Waals surface area contributed by atoms with Crippen molar-refractivity contribution in [2.75, 3.05) is 13.7 Å². The van der Waals surface area contributed by atoms with Crippen LogP contribution >= 0.6 is 0 Å². The highest BCUT2D eigenvalue weighted by molar-refractivity contribution is 5.46. The number of hydrogen-bond acceptors (Lipinski definition) is 3. The maximum Gasteiger partial charge on any atom is 0.165 e. The fourth-order valence-corrected chi connectivity index (χ4v) is 2.32. The summed E-state index contributed by atoms with van der Waals surface area (Å²) < 4.78 is 11.1. The van der Waals surface area contributed by atoms with Gasteiger partial charge in [0.1, 0.15) is 0 Å². The van der Waals surface area contributed by atoms with Crippen molar-refractivity contribution in [1.29, 1.82) is 0 Å². The van der Waals surface area contributed by atoms with E-state index in [1.807, 2.05) is 25.1 Å². The number of para-hydroxylation sites is 1. The van der Waals surface area contributed by atoms with E-state index in [4.69, 9.17) is 9.47 Å². The van der Waals surface area contributed by atoms with Crippen LogP contribution in [0.4, 0.5) is 0 Å². The van der Waals surface area contributed by atoms with Crippen LogP contribution in [-0.4, -0.2) is 13.7 Å². The maximum atomic E-state index is 5.61. The molecule has 0 spiro atoms. The van der Waals surface area contributed by atoms with E-state index in [2.05, 4.69) is 42.6 Å². The largest absolute Gasteiger partial charge is 0.493 e. The molecule has 0 bridgehead atoms. The average molecular weight is 285 g/mol. The smallest absolute Gasteiger partial charge is 0.165 e. The van der Waals surface area contributed by atoms with Gasteiger partial charge in [-0.1, -0.05) is 42.5 Å². The molecular formula is C18H23NO2. The van der Waals surface area contributed by atoms with Gasteiger partial charge < -0.3 is 14.8 Å². The van der Waals surface area contributed by atoms with Crippen LogP contribution in [0, 0.1) is 0 Å². The molecule has 3 nitrogen and oxygen atoms in total. The zero-order valence-electron chi connectivity index (χ0n) is 12.9. The lowest BCUT2D eigenvalue weighted by Gasteiger charge is -2.17. The third kappa shape index (κ3) is 3.99. The van der Waals surface area contributed by atoms with Gasteiger partial charge in [-0.05, 0) is 25.5 Å². The molecule has 0 radical (unpaired) electrons. The second-order valence-electron chi connectivity index (χ2n) is 4.89. The molecule has 0 saturated heterocycles. The lowest BCUT2D eigenvalue weighted by atomic mass is 10.1. The molecule has 21 heavy (non-hydrogen) atoms. The van der Waals surface area contributed by atoms with Crippen molar-refractivity contribution in [3.8, 4) is 11.5 Å². The van der Waals surface area contributed by atoms with Gasteiger partial charge in [-0.2, -0.15) is 0 Å². The van der Waals surface area contributed by atoms with Gasteiger partial charge in [-0.15, -0.1) is 0 Å². The van der Waals surface area contributed by atoms with Crippen LogP contribution < -0.4 is 14.8 Å². The fourth-order valence-electron chi connectivity index (χ4n) is 2.32. The molecule has 2 aromatic carbocycles. The monoisotopic (exact) mass is 285 g/mol. The summed E-state index contributed by atoms with van der Waals surface area (Å²) in [4.78, 5) is 0. The Morgan fingerprint density at radius 3 is 2.48 bits per heavy atom. The molecule has 2 aromatic rings. The summed E-state index contributed by atoms with van der Waals surface area (Å²) in [6.45, 7) is 5.50. The van der Waals surface area contributed by atoms with E-state index in [0.29, 0.717) is 6.61 Å². The van der Waals surface area contributed by atoms with Gasteiger partial charge in [0.05, 0.1) is 13.7 Å². The summed E-state index contributed by atoms with van der Waals surface area (Å²) in [6.07, 6.45) is 0. The Hall–Kier alpha value is -2.00. The molecule has 0 aliphatic heterocycles. The third-order valence-corrected chi connectivity index (χ3v) is 3.46. The fraction of sp³-hybridized carbons (Fsp3) is 0.333. The molecule has 1 N–H and O–H groups in total. The van der Waals surface area contributed by atoms with E-state index < -0.39 is 0 Å². The highest BCUT2D eigenvalue weighted by Gasteiger charge is 2.11. The van der Waals surface area contributed by atoms with E-state index in [0.717, 1.165) is 23.6 Å². The summed E-state index contributed by atoms with van der Waals surface area (Å²) in [5, 5.41) is 3.52. The second-order valence-corrected chi connectivity index (χ2v) is 4.89. The van der Waals surface area contributed by atoms with Crippen LogP contribution in [0.25, 0.3) is 0 Å². The van der Waals surface area contributed by atoms with Crippen LogP contribution in [0.15, 0.2) is 48.5 Å². The average Bonchev–Trinajstić information content (AvgIpc) is 2.54. The summed E-state index contributed by atoms with van der Waals surface area (Å²) >= 11 is 0. The lowest BCUT2D eigenvalue weighted by molar-refractivity contribution is 0.308. The van der Waals surface area contributed by atoms with Crippen molar-refractivity contribution in [3.05, 3.63) is 59.7 Å². The van der Waals surface area contributed by atoms with E-state index in [-0.39, 0.29) is 6.04 Å². The topological polar surface area (TPSA) is 30.5 Å². The van der Waals surface area contributed by atoms with Gasteiger partial charge in [-0.3, -0.25) is 0 Å². The predicted octanol–water partition coefficient (Wildman–Crippen LogP) is 3.94.